The zero-order valence-electron chi connectivity index (χ0n) is 17.0. The van der Waals surface area contributed by atoms with E-state index in [1.165, 1.54) is 10.5 Å². The second-order valence-corrected chi connectivity index (χ2v) is 7.35. The van der Waals surface area contributed by atoms with E-state index in [0.29, 0.717) is 34.5 Å². The van der Waals surface area contributed by atoms with Crippen LogP contribution >= 0.6 is 11.6 Å². The molecule has 2 aromatic carbocycles. The number of carbonyl (C=O) groups excluding carboxylic acids is 1. The van der Waals surface area contributed by atoms with Crippen LogP contribution in [0.5, 0.6) is 5.75 Å². The van der Waals surface area contributed by atoms with E-state index >= 15 is 0 Å². The second kappa shape index (κ2) is 9.09. The molecule has 1 heterocycles. The lowest BCUT2D eigenvalue weighted by atomic mass is 10.1. The van der Waals surface area contributed by atoms with Crippen molar-refractivity contribution in [2.75, 3.05) is 7.05 Å². The quantitative estimate of drug-likeness (QED) is 0.555. The van der Waals surface area contributed by atoms with Gasteiger partial charge in [-0.25, -0.2) is 0 Å². The van der Waals surface area contributed by atoms with E-state index in [-0.39, 0.29) is 12.5 Å². The van der Waals surface area contributed by atoms with E-state index in [4.69, 9.17) is 20.9 Å². The Morgan fingerprint density at radius 2 is 1.97 bits per heavy atom. The zero-order chi connectivity index (χ0) is 21.0. The van der Waals surface area contributed by atoms with Gasteiger partial charge in [-0.15, -0.1) is 0 Å². The summed E-state index contributed by atoms with van der Waals surface area (Å²) in [6.07, 6.45) is -0.0433. The first-order valence-corrected chi connectivity index (χ1v) is 9.83. The first kappa shape index (κ1) is 20.9. The van der Waals surface area contributed by atoms with Crippen molar-refractivity contribution in [3.8, 4) is 17.1 Å². The third-order valence-corrected chi connectivity index (χ3v) is 5.06. The van der Waals surface area contributed by atoms with Crippen molar-refractivity contribution in [2.45, 2.75) is 39.8 Å². The van der Waals surface area contributed by atoms with Gasteiger partial charge in [-0.05, 0) is 55.7 Å². The molecule has 0 aliphatic carbocycles. The number of halogens is 1. The van der Waals surface area contributed by atoms with E-state index in [2.05, 4.69) is 10.1 Å². The average Bonchev–Trinajstić information content (AvgIpc) is 3.16. The molecule has 152 valence electrons. The molecule has 1 atom stereocenters. The molecule has 0 aliphatic heterocycles. The fourth-order valence-corrected chi connectivity index (χ4v) is 3.08. The maximum absolute atomic E-state index is 12.9. The number of hydrogen-bond donors (Lipinski definition) is 0. The Balaban J connectivity index is 1.67. The summed E-state index contributed by atoms with van der Waals surface area (Å²) >= 11 is 6.18. The minimum absolute atomic E-state index is 0.150. The second-order valence-electron chi connectivity index (χ2n) is 6.95. The van der Waals surface area contributed by atoms with Gasteiger partial charge in [-0.2, -0.15) is 4.98 Å². The minimum atomic E-state index is -0.590. The highest BCUT2D eigenvalue weighted by Gasteiger charge is 2.24. The SMILES string of the molecule is CCC(Oc1ccc(C)c(C)c1)C(=O)N(C)Cc1nc(-c2ccccc2Cl)no1. The summed E-state index contributed by atoms with van der Waals surface area (Å²) in [5, 5.41) is 4.51. The van der Waals surface area contributed by atoms with Gasteiger partial charge in [0.05, 0.1) is 11.6 Å². The Hall–Kier alpha value is -2.86. The van der Waals surface area contributed by atoms with Gasteiger partial charge in [0.25, 0.3) is 5.91 Å². The van der Waals surface area contributed by atoms with E-state index in [1.54, 1.807) is 13.1 Å². The van der Waals surface area contributed by atoms with Crippen LogP contribution in [0.4, 0.5) is 0 Å². The molecule has 0 radical (unpaired) electrons. The van der Waals surface area contributed by atoms with E-state index in [0.717, 1.165) is 5.56 Å². The molecule has 3 aromatic rings. The van der Waals surface area contributed by atoms with Crippen LogP contribution in [0.15, 0.2) is 47.0 Å². The third kappa shape index (κ3) is 4.95. The van der Waals surface area contributed by atoms with Gasteiger partial charge >= 0.3 is 0 Å². The molecule has 29 heavy (non-hydrogen) atoms. The van der Waals surface area contributed by atoms with Crippen LogP contribution in [0.3, 0.4) is 0 Å². The van der Waals surface area contributed by atoms with Crippen LogP contribution < -0.4 is 4.74 Å². The number of ether oxygens (including phenoxy) is 1. The summed E-state index contributed by atoms with van der Waals surface area (Å²) < 4.78 is 11.2. The number of aryl methyl sites for hydroxylation is 2. The maximum atomic E-state index is 12.9. The van der Waals surface area contributed by atoms with Crippen molar-refractivity contribution in [3.05, 3.63) is 64.5 Å². The minimum Gasteiger partial charge on any atom is -0.481 e. The summed E-state index contributed by atoms with van der Waals surface area (Å²) in [6.45, 7) is 6.16. The van der Waals surface area contributed by atoms with Crippen molar-refractivity contribution >= 4 is 17.5 Å². The number of hydrogen-bond acceptors (Lipinski definition) is 5. The van der Waals surface area contributed by atoms with Gasteiger partial charge in [-0.1, -0.05) is 41.9 Å². The largest absolute Gasteiger partial charge is 0.481 e. The number of benzene rings is 2. The first-order chi connectivity index (χ1) is 13.9. The molecule has 6 nitrogen and oxygen atoms in total. The van der Waals surface area contributed by atoms with Crippen molar-refractivity contribution in [2.24, 2.45) is 0 Å². The Bertz CT molecular complexity index is 1000. The molecule has 0 spiro atoms. The molecule has 3 rings (SSSR count). The van der Waals surface area contributed by atoms with E-state index < -0.39 is 6.10 Å². The Labute approximate surface area is 175 Å². The Morgan fingerprint density at radius 3 is 2.66 bits per heavy atom. The number of amides is 1. The molecule has 7 heteroatoms. The Morgan fingerprint density at radius 1 is 1.21 bits per heavy atom. The van der Waals surface area contributed by atoms with Gasteiger partial charge < -0.3 is 14.2 Å². The normalized spacial score (nSPS) is 11.9. The predicted octanol–water partition coefficient (Wildman–Crippen LogP) is 4.82. The summed E-state index contributed by atoms with van der Waals surface area (Å²) in [6, 6.07) is 13.1. The van der Waals surface area contributed by atoms with Gasteiger partial charge in [0.2, 0.25) is 11.7 Å². The molecule has 1 aromatic heterocycles. The van der Waals surface area contributed by atoms with Crippen molar-refractivity contribution in [3.63, 3.8) is 0 Å². The molecule has 1 amide bonds. The fourth-order valence-electron chi connectivity index (χ4n) is 2.86. The molecular formula is C22H24ClN3O3. The summed E-state index contributed by atoms with van der Waals surface area (Å²) in [5.74, 6) is 1.25. The highest BCUT2D eigenvalue weighted by atomic mass is 35.5. The van der Waals surface area contributed by atoms with Crippen LogP contribution in [-0.4, -0.2) is 34.1 Å². The van der Waals surface area contributed by atoms with Gasteiger partial charge in [-0.3, -0.25) is 4.79 Å². The predicted molar refractivity (Wildman–Crippen MR) is 112 cm³/mol. The number of rotatable bonds is 7. The fraction of sp³-hybridized carbons (Fsp3) is 0.318. The number of likely N-dealkylation sites (N-methyl/N-ethyl adjacent to an activating group) is 1. The topological polar surface area (TPSA) is 68.5 Å². The van der Waals surface area contributed by atoms with Crippen LogP contribution in [0, 0.1) is 13.8 Å². The lowest BCUT2D eigenvalue weighted by molar-refractivity contribution is -0.138. The smallest absolute Gasteiger partial charge is 0.263 e. The molecular weight excluding hydrogens is 390 g/mol. The monoisotopic (exact) mass is 413 g/mol. The van der Waals surface area contributed by atoms with Crippen molar-refractivity contribution in [1.82, 2.24) is 15.0 Å². The average molecular weight is 414 g/mol. The van der Waals surface area contributed by atoms with Crippen LogP contribution in [0.2, 0.25) is 5.02 Å². The van der Waals surface area contributed by atoms with Crippen LogP contribution in [-0.2, 0) is 11.3 Å². The molecule has 0 saturated carbocycles. The maximum Gasteiger partial charge on any atom is 0.263 e. The number of carbonyl (C=O) groups is 1. The summed E-state index contributed by atoms with van der Waals surface area (Å²) in [5.41, 5.74) is 2.98. The lowest BCUT2D eigenvalue weighted by Crippen LogP contribution is -2.39. The standard InChI is InChI=1S/C22H24ClN3O3/c1-5-19(28-16-11-10-14(2)15(3)12-16)22(27)26(4)13-20-24-21(25-29-20)17-8-6-7-9-18(17)23/h6-12,19H,5,13H2,1-4H3. The summed E-state index contributed by atoms with van der Waals surface area (Å²) in [7, 11) is 1.69. The molecule has 0 saturated heterocycles. The zero-order valence-corrected chi connectivity index (χ0v) is 17.7. The van der Waals surface area contributed by atoms with E-state index in [9.17, 15) is 4.79 Å². The van der Waals surface area contributed by atoms with Gasteiger partial charge in [0.15, 0.2) is 6.10 Å². The van der Waals surface area contributed by atoms with E-state index in [1.807, 2.05) is 57.2 Å². The molecule has 0 aliphatic rings. The molecule has 0 N–H and O–H groups in total. The first-order valence-electron chi connectivity index (χ1n) is 9.45. The van der Waals surface area contributed by atoms with Crippen LogP contribution in [0.25, 0.3) is 11.4 Å². The summed E-state index contributed by atoms with van der Waals surface area (Å²) in [4.78, 5) is 18.7. The van der Waals surface area contributed by atoms with Crippen molar-refractivity contribution < 1.29 is 14.1 Å². The molecule has 0 bridgehead atoms. The Kier molecular flexibility index (Phi) is 6.54. The molecule has 1 unspecified atom stereocenters. The van der Waals surface area contributed by atoms with Gasteiger partial charge in [0, 0.05) is 12.6 Å². The van der Waals surface area contributed by atoms with Crippen LogP contribution in [0.1, 0.15) is 30.4 Å². The highest BCUT2D eigenvalue weighted by molar-refractivity contribution is 6.33. The third-order valence-electron chi connectivity index (χ3n) is 4.73. The van der Waals surface area contributed by atoms with Gasteiger partial charge in [0.1, 0.15) is 5.75 Å². The number of aromatic nitrogens is 2. The molecule has 0 fully saturated rings. The number of nitrogens with zero attached hydrogens (tertiary/aromatic N) is 3. The lowest BCUT2D eigenvalue weighted by Gasteiger charge is -2.23. The highest BCUT2D eigenvalue weighted by Crippen LogP contribution is 2.25. The van der Waals surface area contributed by atoms with Crippen molar-refractivity contribution in [1.29, 1.82) is 0 Å².